The highest BCUT2D eigenvalue weighted by Gasteiger charge is 2.22. The molecule has 1 saturated heterocycles. The first kappa shape index (κ1) is 19.2. The molecule has 26 heavy (non-hydrogen) atoms. The van der Waals surface area contributed by atoms with Gasteiger partial charge in [-0.15, -0.1) is 0 Å². The lowest BCUT2D eigenvalue weighted by molar-refractivity contribution is 0.113. The number of nitrogens with zero attached hydrogens (tertiary/aromatic N) is 6. The summed E-state index contributed by atoms with van der Waals surface area (Å²) < 4.78 is 9.97. The largest absolute Gasteiger partial charge is 0.383 e. The van der Waals surface area contributed by atoms with Crippen LogP contribution in [0.5, 0.6) is 0 Å². The monoisotopic (exact) mass is 376 g/mol. The molecule has 0 spiro atoms. The molecule has 0 amide bonds. The van der Waals surface area contributed by atoms with Gasteiger partial charge < -0.3 is 9.64 Å². The lowest BCUT2D eigenvalue weighted by Crippen LogP contribution is -2.42. The highest BCUT2D eigenvalue weighted by molar-refractivity contribution is 7.71. The number of piperidine rings is 1. The van der Waals surface area contributed by atoms with Crippen molar-refractivity contribution in [3.05, 3.63) is 29.3 Å². The Balaban J connectivity index is 1.83. The van der Waals surface area contributed by atoms with Gasteiger partial charge in [0.15, 0.2) is 10.6 Å². The standard InChI is InChI=1S/C18H28N6OS/c1-21-10-6-16(7-11-21)22(2)14-24-18(26)23(12-13-25-3)17(20-24)15-4-8-19-9-5-15/h4-5,8-9,16H,6-7,10-14H2,1-3H3. The quantitative estimate of drug-likeness (QED) is 0.690. The molecule has 0 radical (unpaired) electrons. The van der Waals surface area contributed by atoms with Gasteiger partial charge in [-0.25, -0.2) is 4.68 Å². The zero-order valence-corrected chi connectivity index (χ0v) is 16.7. The van der Waals surface area contributed by atoms with Gasteiger partial charge in [0, 0.05) is 31.1 Å². The van der Waals surface area contributed by atoms with E-state index in [-0.39, 0.29) is 0 Å². The molecule has 142 valence electrons. The summed E-state index contributed by atoms with van der Waals surface area (Å²) >= 11 is 5.72. The molecule has 7 nitrogen and oxygen atoms in total. The van der Waals surface area contributed by atoms with Crippen LogP contribution in [-0.4, -0.2) is 76.1 Å². The number of pyridine rings is 1. The third-order valence-corrected chi connectivity index (χ3v) is 5.48. The summed E-state index contributed by atoms with van der Waals surface area (Å²) in [5.74, 6) is 0.867. The molecular weight excluding hydrogens is 348 g/mol. The van der Waals surface area contributed by atoms with E-state index in [0.717, 1.165) is 29.2 Å². The number of methoxy groups -OCH3 is 1. The first-order chi connectivity index (χ1) is 12.6. The van der Waals surface area contributed by atoms with E-state index in [1.807, 2.05) is 16.8 Å². The topological polar surface area (TPSA) is 51.4 Å². The average Bonchev–Trinajstić information content (AvgIpc) is 2.97. The summed E-state index contributed by atoms with van der Waals surface area (Å²) in [6.07, 6.45) is 5.93. The van der Waals surface area contributed by atoms with Gasteiger partial charge in [-0.1, -0.05) is 0 Å². The summed E-state index contributed by atoms with van der Waals surface area (Å²) in [6.45, 7) is 4.27. The maximum Gasteiger partial charge on any atom is 0.199 e. The van der Waals surface area contributed by atoms with Gasteiger partial charge in [-0.2, -0.15) is 5.10 Å². The van der Waals surface area contributed by atoms with Gasteiger partial charge >= 0.3 is 0 Å². The Bertz CT molecular complexity index is 751. The van der Waals surface area contributed by atoms with Crippen molar-refractivity contribution in [1.82, 2.24) is 29.1 Å². The third kappa shape index (κ3) is 4.37. The Morgan fingerprint density at radius 3 is 2.62 bits per heavy atom. The number of likely N-dealkylation sites (tertiary alicyclic amines) is 1. The van der Waals surface area contributed by atoms with E-state index >= 15 is 0 Å². The molecule has 0 aliphatic carbocycles. The predicted octanol–water partition coefficient (Wildman–Crippen LogP) is 2.11. The molecule has 2 aromatic heterocycles. The summed E-state index contributed by atoms with van der Waals surface area (Å²) in [5, 5.41) is 4.82. The number of aromatic nitrogens is 4. The highest BCUT2D eigenvalue weighted by atomic mass is 32.1. The Morgan fingerprint density at radius 2 is 1.96 bits per heavy atom. The Morgan fingerprint density at radius 1 is 1.27 bits per heavy atom. The molecule has 8 heteroatoms. The smallest absolute Gasteiger partial charge is 0.199 e. The highest BCUT2D eigenvalue weighted by Crippen LogP contribution is 2.19. The molecule has 3 rings (SSSR count). The first-order valence-electron chi connectivity index (χ1n) is 9.06. The van der Waals surface area contributed by atoms with Crippen LogP contribution in [0.3, 0.4) is 0 Å². The minimum absolute atomic E-state index is 0.571. The maximum atomic E-state index is 5.72. The summed E-state index contributed by atoms with van der Waals surface area (Å²) in [6, 6.07) is 4.50. The molecule has 0 unspecified atom stereocenters. The van der Waals surface area contributed by atoms with E-state index in [1.54, 1.807) is 19.5 Å². The third-order valence-electron chi connectivity index (χ3n) is 5.05. The fourth-order valence-corrected chi connectivity index (χ4v) is 3.67. The van der Waals surface area contributed by atoms with Gasteiger partial charge in [-0.05, 0) is 64.4 Å². The summed E-state index contributed by atoms with van der Waals surface area (Å²) in [7, 11) is 6.05. The van der Waals surface area contributed by atoms with E-state index in [2.05, 4.69) is 33.4 Å². The van der Waals surface area contributed by atoms with Crippen LogP contribution in [0.4, 0.5) is 0 Å². The second-order valence-corrected chi connectivity index (χ2v) is 7.28. The minimum Gasteiger partial charge on any atom is -0.383 e. The Hall–Kier alpha value is -1.61. The number of hydrogen-bond acceptors (Lipinski definition) is 6. The lowest BCUT2D eigenvalue weighted by atomic mass is 10.0. The van der Waals surface area contributed by atoms with Crippen LogP contribution in [0.25, 0.3) is 11.4 Å². The Labute approximate surface area is 160 Å². The molecule has 0 N–H and O–H groups in total. The van der Waals surface area contributed by atoms with Gasteiger partial charge in [0.05, 0.1) is 19.8 Å². The van der Waals surface area contributed by atoms with Crippen molar-refractivity contribution < 1.29 is 4.74 Å². The zero-order valence-electron chi connectivity index (χ0n) is 15.8. The molecule has 1 aliphatic rings. The summed E-state index contributed by atoms with van der Waals surface area (Å²) in [5.41, 5.74) is 1.02. The van der Waals surface area contributed by atoms with Crippen molar-refractivity contribution in [2.45, 2.75) is 32.1 Å². The van der Waals surface area contributed by atoms with Gasteiger partial charge in [0.1, 0.15) is 0 Å². The Kier molecular flexibility index (Phi) is 6.53. The van der Waals surface area contributed by atoms with Crippen molar-refractivity contribution >= 4 is 12.2 Å². The van der Waals surface area contributed by atoms with E-state index in [0.29, 0.717) is 25.9 Å². The molecule has 3 heterocycles. The van der Waals surface area contributed by atoms with E-state index in [4.69, 9.17) is 22.1 Å². The van der Waals surface area contributed by atoms with Gasteiger partial charge in [-0.3, -0.25) is 14.5 Å². The second-order valence-electron chi connectivity index (χ2n) is 6.92. The molecule has 2 aromatic rings. The fourth-order valence-electron chi connectivity index (χ4n) is 3.39. The van der Waals surface area contributed by atoms with Crippen LogP contribution in [0.1, 0.15) is 12.8 Å². The minimum atomic E-state index is 0.571. The van der Waals surface area contributed by atoms with Crippen molar-refractivity contribution in [3.8, 4) is 11.4 Å². The first-order valence-corrected chi connectivity index (χ1v) is 9.46. The van der Waals surface area contributed by atoms with Crippen molar-refractivity contribution in [1.29, 1.82) is 0 Å². The normalized spacial score (nSPS) is 16.5. The van der Waals surface area contributed by atoms with Crippen molar-refractivity contribution in [2.24, 2.45) is 0 Å². The van der Waals surface area contributed by atoms with Gasteiger partial charge in [0.2, 0.25) is 0 Å². The van der Waals surface area contributed by atoms with Crippen LogP contribution in [0.2, 0.25) is 0 Å². The molecule has 0 aromatic carbocycles. The average molecular weight is 377 g/mol. The van der Waals surface area contributed by atoms with Crippen LogP contribution in [0.15, 0.2) is 24.5 Å². The number of ether oxygens (including phenoxy) is 1. The molecular formula is C18H28N6OS. The molecule has 1 aliphatic heterocycles. The van der Waals surface area contributed by atoms with Crippen molar-refractivity contribution in [3.63, 3.8) is 0 Å². The van der Waals surface area contributed by atoms with Gasteiger partial charge in [0.25, 0.3) is 0 Å². The fraction of sp³-hybridized carbons (Fsp3) is 0.611. The molecule has 0 bridgehead atoms. The van der Waals surface area contributed by atoms with E-state index < -0.39 is 0 Å². The second kappa shape index (κ2) is 8.85. The van der Waals surface area contributed by atoms with Crippen LogP contribution in [-0.2, 0) is 18.0 Å². The predicted molar refractivity (Wildman–Crippen MR) is 104 cm³/mol. The maximum absolute atomic E-state index is 5.72. The van der Waals surface area contributed by atoms with E-state index in [1.165, 1.54) is 12.8 Å². The zero-order chi connectivity index (χ0) is 18.5. The number of rotatable bonds is 7. The lowest BCUT2D eigenvalue weighted by Gasteiger charge is -2.34. The van der Waals surface area contributed by atoms with E-state index in [9.17, 15) is 0 Å². The number of hydrogen-bond donors (Lipinski definition) is 0. The summed E-state index contributed by atoms with van der Waals surface area (Å²) in [4.78, 5) is 8.85. The van der Waals surface area contributed by atoms with Crippen LogP contribution in [0, 0.1) is 4.77 Å². The molecule has 1 fully saturated rings. The SMILES string of the molecule is COCCn1c(-c2ccncc2)nn(CN(C)C2CCN(C)CC2)c1=S. The van der Waals surface area contributed by atoms with Crippen LogP contribution >= 0.6 is 12.2 Å². The molecule has 0 saturated carbocycles. The van der Waals surface area contributed by atoms with Crippen LogP contribution < -0.4 is 0 Å². The van der Waals surface area contributed by atoms with Crippen molar-refractivity contribution in [2.75, 3.05) is 40.9 Å². The molecule has 0 atom stereocenters.